The minimum absolute atomic E-state index is 0.355. The van der Waals surface area contributed by atoms with Gasteiger partial charge >= 0.3 is 11.9 Å². The number of carbonyl (C=O) groups is 2. The maximum Gasteiger partial charge on any atom is 0.313 e. The molecule has 0 aromatic rings. The second-order valence-electron chi connectivity index (χ2n) is 4.82. The molecule has 0 saturated carbocycles. The van der Waals surface area contributed by atoms with Gasteiger partial charge in [-0.15, -0.1) is 0 Å². The third kappa shape index (κ3) is 11.6. The molecule has 3 heteroatoms. The van der Waals surface area contributed by atoms with E-state index in [9.17, 15) is 9.59 Å². The molecular weight excluding hydrogens is 228 g/mol. The number of unbranched alkanes of at least 4 members (excludes halogenated alkanes) is 7. The highest BCUT2D eigenvalue weighted by Crippen LogP contribution is 2.07. The molecule has 0 rings (SSSR count). The second kappa shape index (κ2) is 12.6. The average molecular weight is 256 g/mol. The molecule has 0 heterocycles. The fourth-order valence-corrected chi connectivity index (χ4v) is 1.80. The highest BCUT2D eigenvalue weighted by molar-refractivity contribution is 5.85. The standard InChI is InChI=1S/C15H28O3/c1-3-5-7-9-11-13-15(17)18-14(16)12-10-8-6-4-2/h3-13H2,1-2H3. The van der Waals surface area contributed by atoms with Gasteiger partial charge in [0.1, 0.15) is 0 Å². The minimum Gasteiger partial charge on any atom is -0.393 e. The zero-order valence-corrected chi connectivity index (χ0v) is 12.0. The summed E-state index contributed by atoms with van der Waals surface area (Å²) in [5.41, 5.74) is 0. The van der Waals surface area contributed by atoms with Gasteiger partial charge in [0.05, 0.1) is 0 Å². The highest BCUT2D eigenvalue weighted by atomic mass is 16.6. The number of rotatable bonds is 11. The summed E-state index contributed by atoms with van der Waals surface area (Å²) in [4.78, 5) is 22.6. The van der Waals surface area contributed by atoms with Crippen LogP contribution >= 0.6 is 0 Å². The Labute approximate surface area is 111 Å². The van der Waals surface area contributed by atoms with Crippen LogP contribution in [-0.2, 0) is 14.3 Å². The van der Waals surface area contributed by atoms with Crippen LogP contribution in [0.2, 0.25) is 0 Å². The molecule has 0 aliphatic rings. The third-order valence-corrected chi connectivity index (χ3v) is 2.95. The van der Waals surface area contributed by atoms with Crippen molar-refractivity contribution in [3.05, 3.63) is 0 Å². The fraction of sp³-hybridized carbons (Fsp3) is 0.867. The van der Waals surface area contributed by atoms with E-state index in [0.29, 0.717) is 12.8 Å². The van der Waals surface area contributed by atoms with Crippen molar-refractivity contribution < 1.29 is 14.3 Å². The molecule has 0 amide bonds. The predicted octanol–water partition coefficient (Wildman–Crippen LogP) is 4.39. The fourth-order valence-electron chi connectivity index (χ4n) is 1.80. The van der Waals surface area contributed by atoms with Crippen molar-refractivity contribution in [3.8, 4) is 0 Å². The summed E-state index contributed by atoms with van der Waals surface area (Å²) < 4.78 is 4.76. The highest BCUT2D eigenvalue weighted by Gasteiger charge is 2.09. The van der Waals surface area contributed by atoms with Gasteiger partial charge in [-0.1, -0.05) is 58.8 Å². The molecule has 0 aliphatic carbocycles. The number of esters is 2. The maximum atomic E-state index is 11.3. The molecular formula is C15H28O3. The molecule has 3 nitrogen and oxygen atoms in total. The zero-order chi connectivity index (χ0) is 13.6. The van der Waals surface area contributed by atoms with Crippen molar-refractivity contribution in [2.75, 3.05) is 0 Å². The molecule has 0 bridgehead atoms. The summed E-state index contributed by atoms with van der Waals surface area (Å²) in [6.07, 6.45) is 10.4. The Morgan fingerprint density at radius 1 is 0.667 bits per heavy atom. The van der Waals surface area contributed by atoms with E-state index in [1.807, 2.05) is 0 Å². The molecule has 0 fully saturated rings. The monoisotopic (exact) mass is 256 g/mol. The average Bonchev–Trinajstić information content (AvgIpc) is 2.34. The Morgan fingerprint density at radius 2 is 1.06 bits per heavy atom. The summed E-state index contributed by atoms with van der Waals surface area (Å²) in [6.45, 7) is 4.28. The van der Waals surface area contributed by atoms with Gasteiger partial charge in [0.25, 0.3) is 0 Å². The first kappa shape index (κ1) is 17.1. The molecule has 0 unspecified atom stereocenters. The first-order valence-corrected chi connectivity index (χ1v) is 7.44. The summed E-state index contributed by atoms with van der Waals surface area (Å²) in [5.74, 6) is -0.711. The molecule has 0 spiro atoms. The van der Waals surface area contributed by atoms with Crippen LogP contribution in [-0.4, -0.2) is 11.9 Å². The van der Waals surface area contributed by atoms with Crippen LogP contribution in [0.25, 0.3) is 0 Å². The van der Waals surface area contributed by atoms with Crippen LogP contribution < -0.4 is 0 Å². The van der Waals surface area contributed by atoms with E-state index >= 15 is 0 Å². The van der Waals surface area contributed by atoms with Crippen LogP contribution in [0, 0.1) is 0 Å². The lowest BCUT2D eigenvalue weighted by Crippen LogP contribution is -2.11. The van der Waals surface area contributed by atoms with E-state index < -0.39 is 0 Å². The minimum atomic E-state index is -0.357. The lowest BCUT2D eigenvalue weighted by atomic mass is 10.1. The molecule has 0 radical (unpaired) electrons. The Balaban J connectivity index is 3.41. The lowest BCUT2D eigenvalue weighted by Gasteiger charge is -2.03. The van der Waals surface area contributed by atoms with Gasteiger partial charge in [-0.3, -0.25) is 9.59 Å². The van der Waals surface area contributed by atoms with Crippen molar-refractivity contribution in [3.63, 3.8) is 0 Å². The molecule has 0 aromatic heterocycles. The Bertz CT molecular complexity index is 224. The molecule has 0 saturated heterocycles. The van der Waals surface area contributed by atoms with Gasteiger partial charge in [-0.05, 0) is 12.8 Å². The van der Waals surface area contributed by atoms with E-state index in [2.05, 4.69) is 13.8 Å². The van der Waals surface area contributed by atoms with Crippen molar-refractivity contribution >= 4 is 11.9 Å². The molecule has 0 aromatic carbocycles. The third-order valence-electron chi connectivity index (χ3n) is 2.95. The van der Waals surface area contributed by atoms with Crippen LogP contribution in [0.3, 0.4) is 0 Å². The van der Waals surface area contributed by atoms with Crippen LogP contribution in [0.15, 0.2) is 0 Å². The van der Waals surface area contributed by atoms with E-state index in [-0.39, 0.29) is 11.9 Å². The number of hydrogen-bond acceptors (Lipinski definition) is 3. The normalized spacial score (nSPS) is 10.3. The number of carbonyl (C=O) groups excluding carboxylic acids is 2. The Morgan fingerprint density at radius 3 is 1.50 bits per heavy atom. The van der Waals surface area contributed by atoms with Crippen LogP contribution in [0.5, 0.6) is 0 Å². The van der Waals surface area contributed by atoms with Gasteiger partial charge < -0.3 is 4.74 Å². The Hall–Kier alpha value is -0.860. The summed E-state index contributed by atoms with van der Waals surface area (Å²) in [7, 11) is 0. The first-order chi connectivity index (χ1) is 8.70. The van der Waals surface area contributed by atoms with E-state index in [0.717, 1.165) is 44.9 Å². The summed E-state index contributed by atoms with van der Waals surface area (Å²) in [5, 5.41) is 0. The smallest absolute Gasteiger partial charge is 0.313 e. The van der Waals surface area contributed by atoms with Crippen molar-refractivity contribution in [1.29, 1.82) is 0 Å². The predicted molar refractivity (Wildman–Crippen MR) is 73.2 cm³/mol. The first-order valence-electron chi connectivity index (χ1n) is 7.44. The van der Waals surface area contributed by atoms with Gasteiger partial charge in [0, 0.05) is 12.8 Å². The summed E-state index contributed by atoms with van der Waals surface area (Å²) in [6, 6.07) is 0. The van der Waals surface area contributed by atoms with Gasteiger partial charge in [-0.2, -0.15) is 0 Å². The maximum absolute atomic E-state index is 11.3. The molecule has 0 N–H and O–H groups in total. The number of hydrogen-bond donors (Lipinski definition) is 0. The van der Waals surface area contributed by atoms with Crippen molar-refractivity contribution in [1.82, 2.24) is 0 Å². The van der Waals surface area contributed by atoms with Crippen molar-refractivity contribution in [2.24, 2.45) is 0 Å². The van der Waals surface area contributed by atoms with Crippen molar-refractivity contribution in [2.45, 2.75) is 84.5 Å². The van der Waals surface area contributed by atoms with Crippen LogP contribution in [0.4, 0.5) is 0 Å². The quantitative estimate of drug-likeness (QED) is 0.313. The SMILES string of the molecule is CCCCCCCC(=O)OC(=O)CCCCCC. The Kier molecular flexibility index (Phi) is 12.0. The van der Waals surface area contributed by atoms with E-state index in [4.69, 9.17) is 4.74 Å². The number of ether oxygens (including phenoxy) is 1. The molecule has 106 valence electrons. The lowest BCUT2D eigenvalue weighted by molar-refractivity contribution is -0.159. The zero-order valence-electron chi connectivity index (χ0n) is 12.0. The van der Waals surface area contributed by atoms with Gasteiger partial charge in [-0.25, -0.2) is 0 Å². The summed E-state index contributed by atoms with van der Waals surface area (Å²) >= 11 is 0. The second-order valence-corrected chi connectivity index (χ2v) is 4.82. The van der Waals surface area contributed by atoms with E-state index in [1.165, 1.54) is 12.8 Å². The van der Waals surface area contributed by atoms with Crippen LogP contribution in [0.1, 0.15) is 84.5 Å². The molecule has 0 aliphatic heterocycles. The topological polar surface area (TPSA) is 43.4 Å². The molecule has 0 atom stereocenters. The van der Waals surface area contributed by atoms with Gasteiger partial charge in [0.2, 0.25) is 0 Å². The van der Waals surface area contributed by atoms with E-state index in [1.54, 1.807) is 0 Å². The molecule has 18 heavy (non-hydrogen) atoms. The van der Waals surface area contributed by atoms with Gasteiger partial charge in [0.15, 0.2) is 0 Å². The largest absolute Gasteiger partial charge is 0.393 e.